The normalized spacial score (nSPS) is 17.5. The number of ether oxygens (including phenoxy) is 3. The molecule has 188 valence electrons. The number of allylic oxidation sites excluding steroid dienone is 3. The van der Waals surface area contributed by atoms with Gasteiger partial charge in [-0.2, -0.15) is 8.78 Å². The van der Waals surface area contributed by atoms with Crippen LogP contribution in [-0.4, -0.2) is 48.9 Å². The van der Waals surface area contributed by atoms with Crippen LogP contribution in [0.5, 0.6) is 11.5 Å². The Morgan fingerprint density at radius 2 is 1.94 bits per heavy atom. The van der Waals surface area contributed by atoms with E-state index in [0.717, 1.165) is 12.8 Å². The van der Waals surface area contributed by atoms with Crippen LogP contribution < -0.4 is 14.8 Å². The van der Waals surface area contributed by atoms with Crippen molar-refractivity contribution in [2.24, 2.45) is 5.92 Å². The zero-order valence-corrected chi connectivity index (χ0v) is 19.6. The summed E-state index contributed by atoms with van der Waals surface area (Å²) in [6.45, 7) is -0.368. The van der Waals surface area contributed by atoms with E-state index in [1.54, 1.807) is 19.1 Å². The smallest absolute Gasteiger partial charge is 0.387 e. The first-order valence-corrected chi connectivity index (χ1v) is 11.5. The van der Waals surface area contributed by atoms with E-state index in [9.17, 15) is 18.0 Å². The number of rotatable bonds is 9. The van der Waals surface area contributed by atoms with Gasteiger partial charge in [0.05, 0.1) is 19.0 Å². The summed E-state index contributed by atoms with van der Waals surface area (Å²) in [5.74, 6) is -0.668. The van der Waals surface area contributed by atoms with Gasteiger partial charge in [0.2, 0.25) is 0 Å². The Hall–Kier alpha value is -3.27. The Morgan fingerprint density at radius 3 is 2.57 bits per heavy atom. The quantitative estimate of drug-likeness (QED) is 0.468. The molecule has 1 saturated carbocycles. The number of aromatic nitrogens is 2. The average molecular weight is 492 g/mol. The lowest BCUT2D eigenvalue weighted by molar-refractivity contribution is -0.0502. The fourth-order valence-corrected chi connectivity index (χ4v) is 4.07. The van der Waals surface area contributed by atoms with Gasteiger partial charge in [-0.1, -0.05) is 6.08 Å². The maximum atomic E-state index is 14.7. The van der Waals surface area contributed by atoms with E-state index in [-0.39, 0.29) is 34.8 Å². The van der Waals surface area contributed by atoms with Crippen molar-refractivity contribution in [2.75, 3.05) is 20.3 Å². The molecule has 4 rings (SSSR count). The first kappa shape index (κ1) is 24.8. The molecule has 35 heavy (non-hydrogen) atoms. The molecule has 0 atom stereocenters. The Kier molecular flexibility index (Phi) is 7.80. The number of amides is 1. The SMILES string of the molecule is C/C=C(F)\C(=C/c1ncc(-c2cc(OC)c(C(=O)NC3CC3)c(OC(F)F)c2)[nH]1)C1CCOCC1. The summed E-state index contributed by atoms with van der Waals surface area (Å²) >= 11 is 0. The minimum atomic E-state index is -3.13. The number of imidazole rings is 1. The molecule has 0 spiro atoms. The predicted molar refractivity (Wildman–Crippen MR) is 124 cm³/mol. The Bertz CT molecular complexity index is 1120. The van der Waals surface area contributed by atoms with Gasteiger partial charge in [0.15, 0.2) is 0 Å². The lowest BCUT2D eigenvalue weighted by Crippen LogP contribution is -2.26. The topological polar surface area (TPSA) is 85.5 Å². The molecule has 2 heterocycles. The van der Waals surface area contributed by atoms with Gasteiger partial charge in [0, 0.05) is 24.8 Å². The number of nitrogens with one attached hydrogen (secondary N) is 2. The number of alkyl halides is 2. The summed E-state index contributed by atoms with van der Waals surface area (Å²) in [6, 6.07) is 2.91. The summed E-state index contributed by atoms with van der Waals surface area (Å²) in [6.07, 6.45) is 7.66. The maximum Gasteiger partial charge on any atom is 0.387 e. The van der Waals surface area contributed by atoms with Crippen molar-refractivity contribution in [2.45, 2.75) is 45.3 Å². The molecule has 7 nitrogen and oxygen atoms in total. The fraction of sp³-hybridized carbons (Fsp3) is 0.440. The van der Waals surface area contributed by atoms with Crippen molar-refractivity contribution < 1.29 is 32.2 Å². The van der Waals surface area contributed by atoms with Crippen LogP contribution in [0.1, 0.15) is 48.8 Å². The minimum Gasteiger partial charge on any atom is -0.496 e. The number of carbonyl (C=O) groups is 1. The molecule has 1 saturated heterocycles. The van der Waals surface area contributed by atoms with Crippen LogP contribution in [0.2, 0.25) is 0 Å². The van der Waals surface area contributed by atoms with Crippen LogP contribution >= 0.6 is 0 Å². The van der Waals surface area contributed by atoms with Crippen LogP contribution in [0.25, 0.3) is 17.3 Å². The molecule has 0 radical (unpaired) electrons. The third kappa shape index (κ3) is 6.05. The lowest BCUT2D eigenvalue weighted by atomic mass is 9.90. The Labute approximate surface area is 201 Å². The highest BCUT2D eigenvalue weighted by Crippen LogP contribution is 2.37. The van der Waals surface area contributed by atoms with Crippen LogP contribution in [0.4, 0.5) is 13.2 Å². The average Bonchev–Trinajstić information content (AvgIpc) is 3.54. The largest absolute Gasteiger partial charge is 0.496 e. The van der Waals surface area contributed by atoms with Gasteiger partial charge in [0.25, 0.3) is 5.91 Å². The highest BCUT2D eigenvalue weighted by Gasteiger charge is 2.29. The molecule has 10 heteroatoms. The summed E-state index contributed by atoms with van der Waals surface area (Å²) in [7, 11) is 1.35. The van der Waals surface area contributed by atoms with E-state index in [1.165, 1.54) is 25.4 Å². The zero-order chi connectivity index (χ0) is 24.9. The van der Waals surface area contributed by atoms with Gasteiger partial charge in [-0.25, -0.2) is 9.37 Å². The van der Waals surface area contributed by atoms with E-state index in [0.29, 0.717) is 48.7 Å². The molecular weight excluding hydrogens is 463 g/mol. The number of halogens is 3. The molecule has 0 bridgehead atoms. The monoisotopic (exact) mass is 491 g/mol. The number of carbonyl (C=O) groups excluding carboxylic acids is 1. The number of hydrogen-bond donors (Lipinski definition) is 2. The number of aromatic amines is 1. The van der Waals surface area contributed by atoms with E-state index in [2.05, 4.69) is 20.0 Å². The second-order valence-electron chi connectivity index (χ2n) is 8.48. The molecule has 2 fully saturated rings. The third-order valence-corrected chi connectivity index (χ3v) is 6.03. The molecule has 0 unspecified atom stereocenters. The summed E-state index contributed by atoms with van der Waals surface area (Å²) in [5, 5.41) is 2.77. The van der Waals surface area contributed by atoms with Crippen molar-refractivity contribution in [3.63, 3.8) is 0 Å². The summed E-state index contributed by atoms with van der Waals surface area (Å²) < 4.78 is 56.4. The Morgan fingerprint density at radius 1 is 1.23 bits per heavy atom. The van der Waals surface area contributed by atoms with E-state index in [1.807, 2.05) is 0 Å². The zero-order valence-electron chi connectivity index (χ0n) is 19.6. The molecule has 1 aliphatic heterocycles. The van der Waals surface area contributed by atoms with Crippen molar-refractivity contribution in [3.05, 3.63) is 47.2 Å². The van der Waals surface area contributed by atoms with Gasteiger partial charge in [0.1, 0.15) is 28.7 Å². The van der Waals surface area contributed by atoms with Crippen LogP contribution in [0.3, 0.4) is 0 Å². The van der Waals surface area contributed by atoms with Crippen molar-refractivity contribution >= 4 is 12.0 Å². The number of hydrogen-bond acceptors (Lipinski definition) is 5. The number of benzene rings is 1. The highest BCUT2D eigenvalue weighted by molar-refractivity contribution is 6.01. The van der Waals surface area contributed by atoms with E-state index >= 15 is 0 Å². The summed E-state index contributed by atoms with van der Waals surface area (Å²) in [5.41, 5.74) is 1.32. The first-order chi connectivity index (χ1) is 16.9. The standard InChI is InChI=1S/C25H28F3N3O4/c1-3-18(26)17(14-6-8-34-9-7-14)12-22-29-13-19(31-22)15-10-20(33-2)23(21(11-15)35-25(27)28)24(32)30-16-4-5-16/h3,10-14,16,25H,4-9H2,1-2H3,(H,29,31)(H,30,32)/b17-12-,18-3+. The minimum absolute atomic E-state index is 0.00361. The van der Waals surface area contributed by atoms with E-state index < -0.39 is 12.5 Å². The lowest BCUT2D eigenvalue weighted by Gasteiger charge is -2.23. The van der Waals surface area contributed by atoms with Gasteiger partial charge in [-0.3, -0.25) is 4.79 Å². The number of H-pyrrole nitrogens is 1. The van der Waals surface area contributed by atoms with Gasteiger partial charge < -0.3 is 24.5 Å². The van der Waals surface area contributed by atoms with Crippen molar-refractivity contribution in [1.82, 2.24) is 15.3 Å². The van der Waals surface area contributed by atoms with Gasteiger partial charge in [-0.15, -0.1) is 0 Å². The molecule has 2 N–H and O–H groups in total. The van der Waals surface area contributed by atoms with Crippen molar-refractivity contribution in [1.29, 1.82) is 0 Å². The molecule has 1 amide bonds. The van der Waals surface area contributed by atoms with Crippen LogP contribution in [0, 0.1) is 5.92 Å². The molecule has 1 aromatic heterocycles. The summed E-state index contributed by atoms with van der Waals surface area (Å²) in [4.78, 5) is 20.1. The third-order valence-electron chi connectivity index (χ3n) is 6.03. The maximum absolute atomic E-state index is 14.7. The van der Waals surface area contributed by atoms with E-state index in [4.69, 9.17) is 9.47 Å². The molecule has 1 aromatic carbocycles. The van der Waals surface area contributed by atoms with Crippen molar-refractivity contribution in [3.8, 4) is 22.8 Å². The predicted octanol–water partition coefficient (Wildman–Crippen LogP) is 5.26. The molecular formula is C25H28F3N3O4. The second-order valence-corrected chi connectivity index (χ2v) is 8.48. The molecule has 1 aliphatic carbocycles. The Balaban J connectivity index is 1.69. The number of methoxy groups -OCH3 is 1. The number of nitrogens with zero attached hydrogens (tertiary/aromatic N) is 1. The first-order valence-electron chi connectivity index (χ1n) is 11.5. The molecule has 2 aromatic rings. The van der Waals surface area contributed by atoms with Gasteiger partial charge >= 0.3 is 6.61 Å². The van der Waals surface area contributed by atoms with Gasteiger partial charge in [-0.05, 0) is 62.3 Å². The highest BCUT2D eigenvalue weighted by atomic mass is 19.3. The fourth-order valence-electron chi connectivity index (χ4n) is 4.07. The van der Waals surface area contributed by atoms with Crippen LogP contribution in [0.15, 0.2) is 35.8 Å². The second kappa shape index (κ2) is 11.0. The molecule has 2 aliphatic rings. The van der Waals surface area contributed by atoms with Crippen LogP contribution in [-0.2, 0) is 4.74 Å².